The first-order valence-corrected chi connectivity index (χ1v) is 4.81. The summed E-state index contributed by atoms with van der Waals surface area (Å²) in [5.41, 5.74) is -2.84. The van der Waals surface area contributed by atoms with E-state index in [9.17, 15) is 0 Å². The Morgan fingerprint density at radius 3 is 1.93 bits per heavy atom. The zero-order valence-corrected chi connectivity index (χ0v) is 8.49. The summed E-state index contributed by atoms with van der Waals surface area (Å²) in [6.07, 6.45) is 1.91. The molecule has 0 aromatic carbocycles. The molecule has 4 nitrogen and oxygen atoms in total. The fraction of sp³-hybridized carbons (Fsp3) is 0.636. The van der Waals surface area contributed by atoms with Crippen LogP contribution < -0.4 is 0 Å². The van der Waals surface area contributed by atoms with Gasteiger partial charge in [-0.3, -0.25) is 0 Å². The van der Waals surface area contributed by atoms with Crippen LogP contribution in [0.25, 0.3) is 0 Å². The van der Waals surface area contributed by atoms with Gasteiger partial charge in [-0.1, -0.05) is 13.3 Å². The van der Waals surface area contributed by atoms with E-state index >= 15 is 0 Å². The fourth-order valence-corrected chi connectivity index (χ4v) is 2.26. The summed E-state index contributed by atoms with van der Waals surface area (Å²) in [6.45, 7) is 1.96. The number of nitriles is 4. The summed E-state index contributed by atoms with van der Waals surface area (Å²) >= 11 is 0. The van der Waals surface area contributed by atoms with Crippen LogP contribution in [0.5, 0.6) is 0 Å². The molecule has 0 radical (unpaired) electrons. The molecule has 1 saturated carbocycles. The number of hydrogen-bond donors (Lipinski definition) is 0. The molecular weight excluding hydrogens is 188 g/mol. The predicted octanol–water partition coefficient (Wildman–Crippen LogP) is 1.87. The molecule has 0 aromatic heterocycles. The van der Waals surface area contributed by atoms with Gasteiger partial charge in [0.25, 0.3) is 0 Å². The quantitative estimate of drug-likeness (QED) is 0.676. The van der Waals surface area contributed by atoms with Crippen molar-refractivity contribution in [1.29, 1.82) is 21.0 Å². The second-order valence-electron chi connectivity index (χ2n) is 3.85. The van der Waals surface area contributed by atoms with Crippen molar-refractivity contribution in [3.05, 3.63) is 0 Å². The average molecular weight is 198 g/mol. The third-order valence-electron chi connectivity index (χ3n) is 3.21. The minimum atomic E-state index is -1.42. The highest BCUT2D eigenvalue weighted by Gasteiger charge is 2.68. The molecule has 0 N–H and O–H groups in total. The van der Waals surface area contributed by atoms with E-state index in [-0.39, 0.29) is 5.92 Å². The van der Waals surface area contributed by atoms with E-state index in [1.807, 2.05) is 31.2 Å². The first-order chi connectivity index (χ1) is 7.16. The molecule has 1 aliphatic carbocycles. The second-order valence-corrected chi connectivity index (χ2v) is 3.85. The Kier molecular flexibility index (Phi) is 2.65. The SMILES string of the molecule is CCCC1CC(C#N)(C#N)C1(C#N)C#N. The monoisotopic (exact) mass is 198 g/mol. The summed E-state index contributed by atoms with van der Waals surface area (Å²) < 4.78 is 0. The highest BCUT2D eigenvalue weighted by molar-refractivity contribution is 5.41. The molecule has 0 aromatic rings. The molecule has 0 heterocycles. The van der Waals surface area contributed by atoms with Crippen molar-refractivity contribution in [3.63, 3.8) is 0 Å². The Morgan fingerprint density at radius 1 is 1.07 bits per heavy atom. The molecule has 15 heavy (non-hydrogen) atoms. The standard InChI is InChI=1S/C11H10N4/c1-2-3-9-4-10(5-12,6-13)11(9,7-14)8-15/h9H,2-4H2,1H3. The predicted molar refractivity (Wildman–Crippen MR) is 50.3 cm³/mol. The van der Waals surface area contributed by atoms with Gasteiger partial charge in [-0.2, -0.15) is 21.0 Å². The lowest BCUT2D eigenvalue weighted by atomic mass is 9.45. The fourth-order valence-electron chi connectivity index (χ4n) is 2.26. The van der Waals surface area contributed by atoms with Crippen LogP contribution in [0.15, 0.2) is 0 Å². The van der Waals surface area contributed by atoms with E-state index in [0.717, 1.165) is 6.42 Å². The summed E-state index contributed by atoms with van der Waals surface area (Å²) in [6, 6.07) is 7.45. The zero-order chi connectivity index (χ0) is 11.5. The lowest BCUT2D eigenvalue weighted by Crippen LogP contribution is -2.55. The summed E-state index contributed by atoms with van der Waals surface area (Å²) in [7, 11) is 0. The Hall–Kier alpha value is -2.04. The third kappa shape index (κ3) is 1.09. The van der Waals surface area contributed by atoms with Crippen LogP contribution in [0.2, 0.25) is 0 Å². The van der Waals surface area contributed by atoms with Gasteiger partial charge in [-0.05, 0) is 18.8 Å². The minimum Gasteiger partial charge on any atom is -0.196 e. The Bertz CT molecular complexity index is 395. The van der Waals surface area contributed by atoms with E-state index in [0.29, 0.717) is 12.8 Å². The van der Waals surface area contributed by atoms with Crippen molar-refractivity contribution in [2.24, 2.45) is 16.7 Å². The van der Waals surface area contributed by atoms with Gasteiger partial charge in [-0.15, -0.1) is 0 Å². The van der Waals surface area contributed by atoms with Crippen molar-refractivity contribution >= 4 is 0 Å². The van der Waals surface area contributed by atoms with Crippen molar-refractivity contribution in [2.45, 2.75) is 26.2 Å². The summed E-state index contributed by atoms with van der Waals surface area (Å²) in [5, 5.41) is 36.0. The Labute approximate surface area is 89.0 Å². The van der Waals surface area contributed by atoms with E-state index in [1.54, 1.807) is 0 Å². The number of nitrogens with zero attached hydrogens (tertiary/aromatic N) is 4. The maximum absolute atomic E-state index is 9.06. The first kappa shape index (κ1) is 11.0. The van der Waals surface area contributed by atoms with Gasteiger partial charge in [0.15, 0.2) is 10.8 Å². The molecule has 1 fully saturated rings. The van der Waals surface area contributed by atoms with Crippen molar-refractivity contribution in [3.8, 4) is 24.3 Å². The number of rotatable bonds is 2. The molecule has 1 aliphatic rings. The van der Waals surface area contributed by atoms with Crippen LogP contribution in [-0.4, -0.2) is 0 Å². The minimum absolute atomic E-state index is 0.142. The molecule has 1 unspecified atom stereocenters. The van der Waals surface area contributed by atoms with Crippen molar-refractivity contribution in [1.82, 2.24) is 0 Å². The molecule has 0 aliphatic heterocycles. The zero-order valence-electron chi connectivity index (χ0n) is 8.49. The molecule has 1 atom stereocenters. The third-order valence-corrected chi connectivity index (χ3v) is 3.21. The van der Waals surface area contributed by atoms with E-state index in [2.05, 4.69) is 0 Å². The first-order valence-electron chi connectivity index (χ1n) is 4.81. The molecular formula is C11H10N4. The van der Waals surface area contributed by atoms with Crippen LogP contribution in [0.3, 0.4) is 0 Å². The molecule has 74 valence electrons. The van der Waals surface area contributed by atoms with E-state index < -0.39 is 10.8 Å². The van der Waals surface area contributed by atoms with Crippen LogP contribution in [0.4, 0.5) is 0 Å². The maximum atomic E-state index is 9.06. The highest BCUT2D eigenvalue weighted by Crippen LogP contribution is 2.61. The lowest BCUT2D eigenvalue weighted by molar-refractivity contribution is 0.0282. The molecule has 4 heteroatoms. The number of hydrogen-bond acceptors (Lipinski definition) is 4. The Balaban J connectivity index is 3.15. The van der Waals surface area contributed by atoms with Crippen LogP contribution in [-0.2, 0) is 0 Å². The van der Waals surface area contributed by atoms with Gasteiger partial charge in [0.1, 0.15) is 0 Å². The van der Waals surface area contributed by atoms with E-state index in [1.165, 1.54) is 0 Å². The van der Waals surface area contributed by atoms with Crippen molar-refractivity contribution in [2.75, 3.05) is 0 Å². The van der Waals surface area contributed by atoms with Crippen LogP contribution >= 0.6 is 0 Å². The largest absolute Gasteiger partial charge is 0.196 e. The molecule has 0 saturated heterocycles. The van der Waals surface area contributed by atoms with Gasteiger partial charge in [0.05, 0.1) is 24.3 Å². The van der Waals surface area contributed by atoms with Gasteiger partial charge in [-0.25, -0.2) is 0 Å². The molecule has 0 bridgehead atoms. The van der Waals surface area contributed by atoms with Gasteiger partial charge >= 0.3 is 0 Å². The topological polar surface area (TPSA) is 95.2 Å². The van der Waals surface area contributed by atoms with Crippen LogP contribution in [0.1, 0.15) is 26.2 Å². The summed E-state index contributed by atoms with van der Waals surface area (Å²) in [5.74, 6) is -0.142. The second kappa shape index (κ2) is 3.61. The normalized spacial score (nSPS) is 24.7. The molecule has 1 rings (SSSR count). The maximum Gasteiger partial charge on any atom is 0.178 e. The highest BCUT2D eigenvalue weighted by atomic mass is 14.7. The molecule has 0 amide bonds. The van der Waals surface area contributed by atoms with Gasteiger partial charge < -0.3 is 0 Å². The van der Waals surface area contributed by atoms with Crippen molar-refractivity contribution < 1.29 is 0 Å². The van der Waals surface area contributed by atoms with E-state index in [4.69, 9.17) is 21.0 Å². The summed E-state index contributed by atoms with van der Waals surface area (Å²) in [4.78, 5) is 0. The lowest BCUT2D eigenvalue weighted by Gasteiger charge is -2.48. The Morgan fingerprint density at radius 2 is 1.60 bits per heavy atom. The van der Waals surface area contributed by atoms with Gasteiger partial charge in [0, 0.05) is 0 Å². The van der Waals surface area contributed by atoms with Gasteiger partial charge in [0.2, 0.25) is 0 Å². The molecule has 0 spiro atoms. The average Bonchev–Trinajstić information content (AvgIpc) is 2.26. The smallest absolute Gasteiger partial charge is 0.178 e. The van der Waals surface area contributed by atoms with Crippen LogP contribution in [0, 0.1) is 62.1 Å².